The van der Waals surface area contributed by atoms with Crippen LogP contribution in [0.4, 0.5) is 0 Å². The summed E-state index contributed by atoms with van der Waals surface area (Å²) in [6, 6.07) is 4.76. The fraction of sp³-hybridized carbons (Fsp3) is 0.844. The Hall–Kier alpha value is -1.81. The van der Waals surface area contributed by atoms with Crippen LogP contribution in [0.25, 0.3) is 0 Å². The summed E-state index contributed by atoms with van der Waals surface area (Å²) in [5.74, 6) is 2.93. The minimum atomic E-state index is -0.603. The summed E-state index contributed by atoms with van der Waals surface area (Å²) in [5.41, 5.74) is 1.75. The first-order valence-corrected chi connectivity index (χ1v) is 14.7. The van der Waals surface area contributed by atoms with Crippen LogP contribution in [0.2, 0.25) is 0 Å². The van der Waals surface area contributed by atoms with Crippen molar-refractivity contribution in [1.29, 1.82) is 10.5 Å². The standard InChI is InChI=1S/C32H48N2O2/c1-20(2)8-7-9-21(3)27-10-11-28-30-26(23(18-33)19-34)17-24-16-25(36-22(4)35)12-14-31(24,5)29(30)13-15-32(27,28)6/h17,20-21,23,25-30H,7-16H2,1-6H3/t21-,25+,26-,27-,28+,29+,30+,31+,32-/m1/s1. The molecule has 0 unspecified atom stereocenters. The summed E-state index contributed by atoms with van der Waals surface area (Å²) in [5, 5.41) is 20.0. The van der Waals surface area contributed by atoms with Crippen LogP contribution in [-0.4, -0.2) is 12.1 Å². The first-order chi connectivity index (χ1) is 17.0. The maximum Gasteiger partial charge on any atom is 0.302 e. The number of hydrogen-bond acceptors (Lipinski definition) is 4. The fourth-order valence-electron chi connectivity index (χ4n) is 9.58. The second kappa shape index (κ2) is 10.5. The third-order valence-corrected chi connectivity index (χ3v) is 11.4. The van der Waals surface area contributed by atoms with Crippen LogP contribution in [0, 0.1) is 80.8 Å². The number of carbonyl (C=O) groups excluding carboxylic acids is 1. The molecule has 0 aromatic carbocycles. The van der Waals surface area contributed by atoms with Crippen molar-refractivity contribution >= 4 is 5.97 Å². The third kappa shape index (κ3) is 4.75. The number of esters is 1. The van der Waals surface area contributed by atoms with Gasteiger partial charge in [-0.15, -0.1) is 0 Å². The molecule has 0 heterocycles. The van der Waals surface area contributed by atoms with Crippen LogP contribution in [0.15, 0.2) is 11.6 Å². The molecule has 4 nitrogen and oxygen atoms in total. The molecule has 0 radical (unpaired) electrons. The average molecular weight is 493 g/mol. The molecule has 0 N–H and O–H groups in total. The van der Waals surface area contributed by atoms with E-state index in [0.29, 0.717) is 23.2 Å². The molecule has 4 aliphatic carbocycles. The molecule has 0 aliphatic heterocycles. The van der Waals surface area contributed by atoms with Crippen LogP contribution in [0.5, 0.6) is 0 Å². The first-order valence-electron chi connectivity index (χ1n) is 14.7. The normalized spacial score (nSPS) is 40.3. The average Bonchev–Trinajstić information content (AvgIpc) is 3.17. The molecule has 4 rings (SSSR count). The molecule has 0 saturated heterocycles. The predicted octanol–water partition coefficient (Wildman–Crippen LogP) is 7.85. The van der Waals surface area contributed by atoms with Gasteiger partial charge >= 0.3 is 5.97 Å². The number of carbonyl (C=O) groups is 1. The van der Waals surface area contributed by atoms with Crippen molar-refractivity contribution in [3.63, 3.8) is 0 Å². The van der Waals surface area contributed by atoms with Crippen molar-refractivity contribution in [3.8, 4) is 12.1 Å². The van der Waals surface area contributed by atoms with Crippen LogP contribution in [-0.2, 0) is 9.53 Å². The zero-order chi connectivity index (χ0) is 26.3. The lowest BCUT2D eigenvalue weighted by molar-refractivity contribution is -0.149. The molecule has 9 atom stereocenters. The first kappa shape index (κ1) is 27.2. The Morgan fingerprint density at radius 2 is 1.78 bits per heavy atom. The number of rotatable bonds is 7. The number of ether oxygens (including phenoxy) is 1. The van der Waals surface area contributed by atoms with Gasteiger partial charge in [-0.3, -0.25) is 4.79 Å². The Kier molecular flexibility index (Phi) is 7.95. The van der Waals surface area contributed by atoms with Gasteiger partial charge in [-0.25, -0.2) is 0 Å². The Morgan fingerprint density at radius 3 is 2.42 bits per heavy atom. The number of nitrogens with zero attached hydrogens (tertiary/aromatic N) is 2. The van der Waals surface area contributed by atoms with Crippen molar-refractivity contribution in [2.75, 3.05) is 0 Å². The van der Waals surface area contributed by atoms with E-state index in [-0.39, 0.29) is 23.4 Å². The third-order valence-electron chi connectivity index (χ3n) is 11.4. The number of allylic oxidation sites excluding steroid dienone is 1. The van der Waals surface area contributed by atoms with Gasteiger partial charge in [-0.1, -0.05) is 65.5 Å². The number of nitriles is 2. The van der Waals surface area contributed by atoms with Gasteiger partial charge < -0.3 is 4.74 Å². The summed E-state index contributed by atoms with van der Waals surface area (Å²) in [7, 11) is 0. The lowest BCUT2D eigenvalue weighted by atomic mass is 9.44. The van der Waals surface area contributed by atoms with Gasteiger partial charge in [0, 0.05) is 19.3 Å². The highest BCUT2D eigenvalue weighted by Gasteiger charge is 2.62. The van der Waals surface area contributed by atoms with Gasteiger partial charge in [0.25, 0.3) is 0 Å². The number of hydrogen-bond donors (Lipinski definition) is 0. The van der Waals surface area contributed by atoms with Crippen LogP contribution < -0.4 is 0 Å². The summed E-state index contributed by atoms with van der Waals surface area (Å²) < 4.78 is 5.63. The van der Waals surface area contributed by atoms with Gasteiger partial charge in [-0.2, -0.15) is 10.5 Å². The molecule has 0 amide bonds. The van der Waals surface area contributed by atoms with Crippen LogP contribution in [0.1, 0.15) is 106 Å². The monoisotopic (exact) mass is 492 g/mol. The summed E-state index contributed by atoms with van der Waals surface area (Å²) in [6.45, 7) is 13.6. The highest BCUT2D eigenvalue weighted by atomic mass is 16.5. The lowest BCUT2D eigenvalue weighted by Gasteiger charge is -2.60. The maximum atomic E-state index is 11.7. The fourth-order valence-corrected chi connectivity index (χ4v) is 9.58. The molecule has 4 aliphatic rings. The summed E-state index contributed by atoms with van der Waals surface area (Å²) in [4.78, 5) is 11.7. The van der Waals surface area contributed by atoms with E-state index < -0.39 is 5.92 Å². The number of fused-ring (bicyclic) bond motifs is 5. The van der Waals surface area contributed by atoms with Crippen molar-refractivity contribution in [1.82, 2.24) is 0 Å². The molecule has 3 saturated carbocycles. The van der Waals surface area contributed by atoms with E-state index in [1.54, 1.807) is 0 Å². The summed E-state index contributed by atoms with van der Waals surface area (Å²) in [6.07, 6.45) is 13.9. The smallest absolute Gasteiger partial charge is 0.302 e. The molecule has 3 fully saturated rings. The molecular weight excluding hydrogens is 444 g/mol. The predicted molar refractivity (Wildman–Crippen MR) is 142 cm³/mol. The van der Waals surface area contributed by atoms with E-state index in [9.17, 15) is 15.3 Å². The van der Waals surface area contributed by atoms with E-state index in [1.165, 1.54) is 57.4 Å². The molecule has 4 heteroatoms. The second-order valence-electron chi connectivity index (χ2n) is 13.7. The van der Waals surface area contributed by atoms with Gasteiger partial charge in [0.1, 0.15) is 12.0 Å². The zero-order valence-electron chi connectivity index (χ0n) is 23.6. The topological polar surface area (TPSA) is 73.9 Å². The van der Waals surface area contributed by atoms with E-state index in [1.807, 2.05) is 0 Å². The Labute approximate surface area is 219 Å². The Balaban J connectivity index is 1.64. The van der Waals surface area contributed by atoms with Crippen LogP contribution in [0.3, 0.4) is 0 Å². The minimum absolute atomic E-state index is 0.0104. The Morgan fingerprint density at radius 1 is 1.06 bits per heavy atom. The highest BCUT2D eigenvalue weighted by Crippen LogP contribution is 2.69. The molecule has 198 valence electrons. The molecule has 36 heavy (non-hydrogen) atoms. The minimum Gasteiger partial charge on any atom is -0.462 e. The van der Waals surface area contributed by atoms with Crippen molar-refractivity contribution in [3.05, 3.63) is 11.6 Å². The maximum absolute atomic E-state index is 11.7. The van der Waals surface area contributed by atoms with E-state index in [2.05, 4.69) is 52.8 Å². The van der Waals surface area contributed by atoms with E-state index in [0.717, 1.165) is 37.0 Å². The molecular formula is C32H48N2O2. The molecule has 0 aromatic rings. The van der Waals surface area contributed by atoms with Crippen molar-refractivity contribution < 1.29 is 9.53 Å². The molecule has 0 aromatic heterocycles. The van der Waals surface area contributed by atoms with Crippen molar-refractivity contribution in [2.45, 2.75) is 112 Å². The van der Waals surface area contributed by atoms with Crippen molar-refractivity contribution in [2.24, 2.45) is 58.2 Å². The molecule has 0 bridgehead atoms. The lowest BCUT2D eigenvalue weighted by Crippen LogP contribution is -2.54. The van der Waals surface area contributed by atoms with E-state index >= 15 is 0 Å². The second-order valence-corrected chi connectivity index (χ2v) is 13.7. The highest BCUT2D eigenvalue weighted by molar-refractivity contribution is 5.66. The Bertz CT molecular complexity index is 927. The quantitative estimate of drug-likeness (QED) is 0.268. The molecule has 0 spiro atoms. The van der Waals surface area contributed by atoms with E-state index in [4.69, 9.17) is 4.74 Å². The van der Waals surface area contributed by atoms with Gasteiger partial charge in [0.15, 0.2) is 0 Å². The van der Waals surface area contributed by atoms with Gasteiger partial charge in [-0.05, 0) is 84.9 Å². The van der Waals surface area contributed by atoms with Crippen LogP contribution >= 0.6 is 0 Å². The SMILES string of the molecule is CC(=O)O[C@H]1CC[C@@]2(C)C(=C[C@H](C(C#N)C#N)[C@H]3[C@@H]4CC[C@H]([C@H](C)CCCC(C)C)[C@@]4(C)CC[C@@H]32)C1. The largest absolute Gasteiger partial charge is 0.462 e. The van der Waals surface area contributed by atoms with Gasteiger partial charge in [0.05, 0.1) is 12.1 Å². The van der Waals surface area contributed by atoms with Gasteiger partial charge in [0.2, 0.25) is 0 Å². The summed E-state index contributed by atoms with van der Waals surface area (Å²) >= 11 is 0. The zero-order valence-corrected chi connectivity index (χ0v) is 23.6.